The number of nitrogens with two attached hydrogens (primary N) is 1. The monoisotopic (exact) mass is 301 g/mol. The number of carbonyl (C=O) groups excluding carboxylic acids is 2. The average Bonchev–Trinajstić information content (AvgIpc) is 2.91. The highest BCUT2D eigenvalue weighted by atomic mass is 16.5. The maximum absolute atomic E-state index is 12.0. The smallest absolute Gasteiger partial charge is 0.356 e. The minimum atomic E-state index is -0.503. The number of amides is 1. The number of aromatic nitrogens is 2. The molecular weight excluding hydrogens is 282 g/mol. The highest BCUT2D eigenvalue weighted by Crippen LogP contribution is 2.27. The van der Waals surface area contributed by atoms with Gasteiger partial charge >= 0.3 is 5.97 Å². The highest BCUT2D eigenvalue weighted by Gasteiger charge is 2.25. The Hall–Kier alpha value is -2.63. The number of primary amides is 1. The van der Waals surface area contributed by atoms with E-state index in [1.807, 2.05) is 20.8 Å². The zero-order valence-corrected chi connectivity index (χ0v) is 13.1. The molecule has 0 bridgehead atoms. The van der Waals surface area contributed by atoms with Crippen LogP contribution in [-0.2, 0) is 10.2 Å². The van der Waals surface area contributed by atoms with Crippen LogP contribution < -0.4 is 5.73 Å². The largest absolute Gasteiger partial charge is 0.464 e. The molecule has 0 spiro atoms. The summed E-state index contributed by atoms with van der Waals surface area (Å²) in [6.45, 7) is 5.98. The molecule has 1 aromatic heterocycles. The second-order valence-electron chi connectivity index (χ2n) is 5.99. The molecule has 116 valence electrons. The summed E-state index contributed by atoms with van der Waals surface area (Å²) in [7, 11) is 1.32. The molecular formula is C16H19N3O3. The fraction of sp³-hybridized carbons (Fsp3) is 0.312. The van der Waals surface area contributed by atoms with Crippen LogP contribution in [0.1, 0.15) is 47.4 Å². The quantitative estimate of drug-likeness (QED) is 0.849. The molecule has 0 radical (unpaired) electrons. The zero-order valence-electron chi connectivity index (χ0n) is 13.1. The lowest BCUT2D eigenvalue weighted by atomic mass is 9.96. The number of methoxy groups -OCH3 is 1. The average molecular weight is 301 g/mol. The molecule has 6 heteroatoms. The molecule has 1 heterocycles. The predicted octanol–water partition coefficient (Wildman–Crippen LogP) is 2.26. The van der Waals surface area contributed by atoms with Crippen molar-refractivity contribution >= 4 is 11.9 Å². The normalized spacial score (nSPS) is 11.3. The summed E-state index contributed by atoms with van der Waals surface area (Å²) in [5.41, 5.74) is 6.87. The minimum absolute atomic E-state index is 0.242. The number of nitrogens with one attached hydrogen (secondary N) is 1. The van der Waals surface area contributed by atoms with E-state index >= 15 is 0 Å². The third-order valence-electron chi connectivity index (χ3n) is 3.25. The maximum Gasteiger partial charge on any atom is 0.356 e. The van der Waals surface area contributed by atoms with Gasteiger partial charge in [0.1, 0.15) is 11.5 Å². The van der Waals surface area contributed by atoms with Crippen LogP contribution >= 0.6 is 0 Å². The Labute approximate surface area is 128 Å². The Kier molecular flexibility index (Phi) is 4.03. The molecule has 0 atom stereocenters. The number of carbonyl (C=O) groups is 2. The zero-order chi connectivity index (χ0) is 16.5. The van der Waals surface area contributed by atoms with Gasteiger partial charge in [0.2, 0.25) is 5.91 Å². The van der Waals surface area contributed by atoms with Crippen LogP contribution in [0.3, 0.4) is 0 Å². The van der Waals surface area contributed by atoms with Crippen LogP contribution in [0.25, 0.3) is 11.3 Å². The van der Waals surface area contributed by atoms with Gasteiger partial charge in [0.05, 0.1) is 7.11 Å². The van der Waals surface area contributed by atoms with E-state index in [0.29, 0.717) is 28.3 Å². The first-order valence-corrected chi connectivity index (χ1v) is 6.83. The molecule has 0 unspecified atom stereocenters. The Balaban J connectivity index is 2.55. The summed E-state index contributed by atoms with van der Waals surface area (Å²) in [5, 5.41) is 0. The van der Waals surface area contributed by atoms with Crippen molar-refractivity contribution in [2.45, 2.75) is 26.2 Å². The SMILES string of the molecule is COC(=O)c1[nH]c(C(C)(C)C)nc1-c1ccc(C(N)=O)cc1. The maximum atomic E-state index is 12.0. The van der Waals surface area contributed by atoms with E-state index in [2.05, 4.69) is 9.97 Å². The van der Waals surface area contributed by atoms with Gasteiger partial charge in [-0.2, -0.15) is 0 Å². The second kappa shape index (κ2) is 5.63. The fourth-order valence-corrected chi connectivity index (χ4v) is 1.98. The number of benzene rings is 1. The predicted molar refractivity (Wildman–Crippen MR) is 82.6 cm³/mol. The number of ether oxygens (including phenoxy) is 1. The summed E-state index contributed by atoms with van der Waals surface area (Å²) in [5.74, 6) is -0.309. The molecule has 2 rings (SSSR count). The first-order chi connectivity index (χ1) is 10.2. The van der Waals surface area contributed by atoms with Crippen molar-refractivity contribution in [3.05, 3.63) is 41.3 Å². The van der Waals surface area contributed by atoms with Crippen LogP contribution in [-0.4, -0.2) is 29.0 Å². The van der Waals surface area contributed by atoms with Gasteiger partial charge in [-0.15, -0.1) is 0 Å². The third kappa shape index (κ3) is 3.00. The fourth-order valence-electron chi connectivity index (χ4n) is 1.98. The van der Waals surface area contributed by atoms with Crippen LogP contribution in [0.15, 0.2) is 24.3 Å². The number of aromatic amines is 1. The Morgan fingerprint density at radius 1 is 1.18 bits per heavy atom. The first kappa shape index (κ1) is 15.8. The summed E-state index contributed by atoms with van der Waals surface area (Å²) < 4.78 is 4.80. The van der Waals surface area contributed by atoms with Crippen LogP contribution in [0, 0.1) is 0 Å². The van der Waals surface area contributed by atoms with Crippen LogP contribution in [0.4, 0.5) is 0 Å². The van der Waals surface area contributed by atoms with Gasteiger partial charge in [-0.3, -0.25) is 4.79 Å². The summed E-state index contributed by atoms with van der Waals surface area (Å²) in [4.78, 5) is 30.6. The summed E-state index contributed by atoms with van der Waals surface area (Å²) in [6, 6.07) is 6.61. The van der Waals surface area contributed by atoms with Crippen molar-refractivity contribution in [2.75, 3.05) is 7.11 Å². The van der Waals surface area contributed by atoms with E-state index in [0.717, 1.165) is 0 Å². The van der Waals surface area contributed by atoms with Crippen molar-refractivity contribution < 1.29 is 14.3 Å². The highest BCUT2D eigenvalue weighted by molar-refractivity contribution is 5.96. The molecule has 0 saturated heterocycles. The number of imidazole rings is 1. The van der Waals surface area contributed by atoms with Crippen LogP contribution in [0.5, 0.6) is 0 Å². The van der Waals surface area contributed by atoms with Gasteiger partial charge in [0.15, 0.2) is 5.69 Å². The molecule has 0 fully saturated rings. The lowest BCUT2D eigenvalue weighted by Crippen LogP contribution is -2.13. The van der Waals surface area contributed by atoms with Gasteiger partial charge in [0, 0.05) is 16.5 Å². The van der Waals surface area contributed by atoms with Crippen molar-refractivity contribution in [1.82, 2.24) is 9.97 Å². The molecule has 1 aromatic carbocycles. The van der Waals surface area contributed by atoms with Crippen LogP contribution in [0.2, 0.25) is 0 Å². The van der Waals surface area contributed by atoms with E-state index in [4.69, 9.17) is 10.5 Å². The second-order valence-corrected chi connectivity index (χ2v) is 5.99. The number of rotatable bonds is 3. The van der Waals surface area contributed by atoms with Crippen molar-refractivity contribution in [1.29, 1.82) is 0 Å². The Bertz CT molecular complexity index is 709. The lowest BCUT2D eigenvalue weighted by Gasteiger charge is -2.13. The standard InChI is InChI=1S/C16H19N3O3/c1-16(2,3)15-18-11(12(19-15)14(21)22-4)9-5-7-10(8-6-9)13(17)20/h5-8H,1-4H3,(H2,17,20)(H,18,19). The molecule has 0 aliphatic rings. The number of hydrogen-bond acceptors (Lipinski definition) is 4. The molecule has 0 aliphatic heterocycles. The number of esters is 1. The van der Waals surface area contributed by atoms with Gasteiger partial charge in [-0.05, 0) is 12.1 Å². The topological polar surface area (TPSA) is 98.1 Å². The van der Waals surface area contributed by atoms with Gasteiger partial charge in [0.25, 0.3) is 0 Å². The van der Waals surface area contributed by atoms with E-state index in [9.17, 15) is 9.59 Å². The van der Waals surface area contributed by atoms with E-state index in [1.165, 1.54) is 7.11 Å². The van der Waals surface area contributed by atoms with E-state index in [1.54, 1.807) is 24.3 Å². The molecule has 6 nitrogen and oxygen atoms in total. The van der Waals surface area contributed by atoms with Crippen molar-refractivity contribution in [3.8, 4) is 11.3 Å². The first-order valence-electron chi connectivity index (χ1n) is 6.83. The molecule has 0 saturated carbocycles. The number of H-pyrrole nitrogens is 1. The summed E-state index contributed by atoms with van der Waals surface area (Å²) in [6.07, 6.45) is 0. The lowest BCUT2D eigenvalue weighted by molar-refractivity contribution is 0.0595. The third-order valence-corrected chi connectivity index (χ3v) is 3.25. The molecule has 22 heavy (non-hydrogen) atoms. The molecule has 0 aliphatic carbocycles. The van der Waals surface area contributed by atoms with Gasteiger partial charge < -0.3 is 15.5 Å². The van der Waals surface area contributed by atoms with Gasteiger partial charge in [-0.1, -0.05) is 32.9 Å². The molecule has 1 amide bonds. The minimum Gasteiger partial charge on any atom is -0.464 e. The van der Waals surface area contributed by atoms with E-state index < -0.39 is 11.9 Å². The van der Waals surface area contributed by atoms with Gasteiger partial charge in [-0.25, -0.2) is 9.78 Å². The van der Waals surface area contributed by atoms with Crippen molar-refractivity contribution in [2.24, 2.45) is 5.73 Å². The number of nitrogens with zero attached hydrogens (tertiary/aromatic N) is 1. The summed E-state index contributed by atoms with van der Waals surface area (Å²) >= 11 is 0. The Morgan fingerprint density at radius 3 is 2.23 bits per heavy atom. The molecule has 2 aromatic rings. The van der Waals surface area contributed by atoms with Crippen molar-refractivity contribution in [3.63, 3.8) is 0 Å². The van der Waals surface area contributed by atoms with E-state index in [-0.39, 0.29) is 5.41 Å². The molecule has 3 N–H and O–H groups in total. The number of hydrogen-bond donors (Lipinski definition) is 2. The Morgan fingerprint density at radius 2 is 1.77 bits per heavy atom.